The van der Waals surface area contributed by atoms with Crippen molar-refractivity contribution >= 4 is 28.4 Å². The fraction of sp³-hybridized carbons (Fsp3) is 0.292. The van der Waals surface area contributed by atoms with E-state index in [1.165, 1.54) is 0 Å². The first kappa shape index (κ1) is 23.5. The van der Waals surface area contributed by atoms with Gasteiger partial charge in [0.25, 0.3) is 0 Å². The summed E-state index contributed by atoms with van der Waals surface area (Å²) >= 11 is 0. The molecule has 1 atom stereocenters. The van der Waals surface area contributed by atoms with Gasteiger partial charge in [-0.05, 0) is 30.2 Å². The molecule has 0 aliphatic carbocycles. The lowest BCUT2D eigenvalue weighted by Crippen LogP contribution is -2.52. The average Bonchev–Trinajstić information content (AvgIpc) is 2.83. The molecule has 34 heavy (non-hydrogen) atoms. The highest BCUT2D eigenvalue weighted by molar-refractivity contribution is 6.01. The predicted octanol–water partition coefficient (Wildman–Crippen LogP) is 3.29. The van der Waals surface area contributed by atoms with Crippen LogP contribution in [0.5, 0.6) is 0 Å². The molecule has 3 amide bonds. The van der Waals surface area contributed by atoms with E-state index < -0.39 is 23.5 Å². The Morgan fingerprint density at radius 1 is 1.00 bits per heavy atom. The number of piperazine rings is 1. The number of nitrogens with one attached hydrogen (secondary N) is 1. The Labute approximate surface area is 194 Å². The third-order valence-electron chi connectivity index (χ3n) is 5.85. The standard InChI is InChI=1S/C24H24F3N5O2/c25-19-13-21(27)20(26)11-16(19)10-17(28)12-23(33)31-6-8-32(9-7-31)24(34)30-22-3-1-2-15-14-29-5-4-18(15)22/h1-5,11,13-14,17H,6-10,12,28H2,(H,30,34)/t17-/m1/s1. The normalized spacial score (nSPS) is 14.8. The van der Waals surface area contributed by atoms with Crippen molar-refractivity contribution in [1.29, 1.82) is 0 Å². The van der Waals surface area contributed by atoms with E-state index in [-0.39, 0.29) is 30.3 Å². The molecule has 0 spiro atoms. The SMILES string of the molecule is N[C@@H](CC(=O)N1CCN(C(=O)Nc2cccc3cnccc23)CC1)Cc1cc(F)c(F)cc1F. The lowest BCUT2D eigenvalue weighted by atomic mass is 10.0. The van der Waals surface area contributed by atoms with Crippen molar-refractivity contribution in [1.82, 2.24) is 14.8 Å². The second-order valence-electron chi connectivity index (χ2n) is 8.23. The molecule has 3 N–H and O–H groups in total. The molecule has 2 heterocycles. The van der Waals surface area contributed by atoms with Crippen LogP contribution in [0.4, 0.5) is 23.7 Å². The minimum Gasteiger partial charge on any atom is -0.339 e. The van der Waals surface area contributed by atoms with Crippen LogP contribution < -0.4 is 11.1 Å². The van der Waals surface area contributed by atoms with E-state index in [1.54, 1.807) is 22.2 Å². The third-order valence-corrected chi connectivity index (χ3v) is 5.85. The van der Waals surface area contributed by atoms with E-state index in [9.17, 15) is 22.8 Å². The van der Waals surface area contributed by atoms with Crippen molar-refractivity contribution in [2.75, 3.05) is 31.5 Å². The molecule has 0 unspecified atom stereocenters. The van der Waals surface area contributed by atoms with Crippen LogP contribution in [0.3, 0.4) is 0 Å². The Hall–Kier alpha value is -3.66. The van der Waals surface area contributed by atoms with Crippen molar-refractivity contribution in [3.05, 3.63) is 71.8 Å². The molecule has 0 bridgehead atoms. The number of aromatic nitrogens is 1. The van der Waals surface area contributed by atoms with Crippen LogP contribution in [0.2, 0.25) is 0 Å². The first-order valence-corrected chi connectivity index (χ1v) is 10.9. The molecule has 2 aromatic carbocycles. The van der Waals surface area contributed by atoms with Gasteiger partial charge in [0.2, 0.25) is 5.91 Å². The molecule has 1 aromatic heterocycles. The van der Waals surface area contributed by atoms with Gasteiger partial charge >= 0.3 is 6.03 Å². The fourth-order valence-electron chi connectivity index (χ4n) is 4.01. The number of fused-ring (bicyclic) bond motifs is 1. The van der Waals surface area contributed by atoms with Gasteiger partial charge in [-0.2, -0.15) is 0 Å². The molecule has 1 fully saturated rings. The topological polar surface area (TPSA) is 91.6 Å². The van der Waals surface area contributed by atoms with Gasteiger partial charge in [-0.3, -0.25) is 9.78 Å². The number of benzene rings is 2. The summed E-state index contributed by atoms with van der Waals surface area (Å²) in [5.41, 5.74) is 6.57. The maximum absolute atomic E-state index is 13.8. The molecule has 1 aliphatic heterocycles. The summed E-state index contributed by atoms with van der Waals surface area (Å²) in [4.78, 5) is 32.6. The number of pyridine rings is 1. The molecule has 178 valence electrons. The summed E-state index contributed by atoms with van der Waals surface area (Å²) in [5.74, 6) is -3.57. The molecule has 10 heteroatoms. The molecule has 7 nitrogen and oxygen atoms in total. The van der Waals surface area contributed by atoms with Crippen molar-refractivity contribution < 1.29 is 22.8 Å². The van der Waals surface area contributed by atoms with Crippen LogP contribution >= 0.6 is 0 Å². The number of anilines is 1. The summed E-state index contributed by atoms with van der Waals surface area (Å²) < 4.78 is 40.3. The number of urea groups is 1. The van der Waals surface area contributed by atoms with E-state index in [1.807, 2.05) is 24.3 Å². The van der Waals surface area contributed by atoms with E-state index >= 15 is 0 Å². The van der Waals surface area contributed by atoms with Crippen molar-refractivity contribution in [3.8, 4) is 0 Å². The van der Waals surface area contributed by atoms with E-state index in [0.29, 0.717) is 37.9 Å². The zero-order chi connectivity index (χ0) is 24.2. The summed E-state index contributed by atoms with van der Waals surface area (Å²) in [5, 5.41) is 4.71. The van der Waals surface area contributed by atoms with Gasteiger partial charge in [0.1, 0.15) is 5.82 Å². The van der Waals surface area contributed by atoms with Crippen LogP contribution in [-0.4, -0.2) is 58.9 Å². The van der Waals surface area contributed by atoms with Crippen molar-refractivity contribution in [3.63, 3.8) is 0 Å². The highest BCUT2D eigenvalue weighted by Crippen LogP contribution is 2.23. The highest BCUT2D eigenvalue weighted by Gasteiger charge is 2.26. The van der Waals surface area contributed by atoms with Crippen LogP contribution in [0.25, 0.3) is 10.8 Å². The number of hydrogen-bond donors (Lipinski definition) is 2. The summed E-state index contributed by atoms with van der Waals surface area (Å²) in [6, 6.07) is 7.61. The average molecular weight is 471 g/mol. The number of hydrogen-bond acceptors (Lipinski definition) is 4. The predicted molar refractivity (Wildman–Crippen MR) is 122 cm³/mol. The van der Waals surface area contributed by atoms with E-state index in [4.69, 9.17) is 5.73 Å². The quantitative estimate of drug-likeness (QED) is 0.559. The monoisotopic (exact) mass is 471 g/mol. The smallest absolute Gasteiger partial charge is 0.321 e. The van der Waals surface area contributed by atoms with Gasteiger partial charge in [0, 0.05) is 67.9 Å². The Bertz CT molecular complexity index is 1210. The Morgan fingerprint density at radius 2 is 1.71 bits per heavy atom. The third kappa shape index (κ3) is 5.28. The second-order valence-corrected chi connectivity index (χ2v) is 8.23. The first-order valence-electron chi connectivity index (χ1n) is 10.9. The largest absolute Gasteiger partial charge is 0.339 e. The first-order chi connectivity index (χ1) is 16.3. The zero-order valence-corrected chi connectivity index (χ0v) is 18.3. The van der Waals surface area contributed by atoms with E-state index in [0.717, 1.165) is 16.8 Å². The second kappa shape index (κ2) is 10.1. The van der Waals surface area contributed by atoms with Gasteiger partial charge < -0.3 is 20.9 Å². The molecule has 4 rings (SSSR count). The Morgan fingerprint density at radius 3 is 2.47 bits per heavy atom. The van der Waals surface area contributed by atoms with Crippen LogP contribution in [0, 0.1) is 17.5 Å². The molecule has 1 saturated heterocycles. The van der Waals surface area contributed by atoms with Gasteiger partial charge in [-0.25, -0.2) is 18.0 Å². The maximum Gasteiger partial charge on any atom is 0.321 e. The Kier molecular flexibility index (Phi) is 6.97. The van der Waals surface area contributed by atoms with Gasteiger partial charge in [-0.15, -0.1) is 0 Å². The summed E-state index contributed by atoms with van der Waals surface area (Å²) in [6.45, 7) is 1.35. The summed E-state index contributed by atoms with van der Waals surface area (Å²) in [7, 11) is 0. The minimum atomic E-state index is -1.27. The van der Waals surface area contributed by atoms with Gasteiger partial charge in [0.05, 0.1) is 5.69 Å². The lowest BCUT2D eigenvalue weighted by Gasteiger charge is -2.35. The molecule has 1 aliphatic rings. The number of carbonyl (C=O) groups is 2. The zero-order valence-electron chi connectivity index (χ0n) is 18.3. The number of halogens is 3. The van der Waals surface area contributed by atoms with Crippen LogP contribution in [0.1, 0.15) is 12.0 Å². The van der Waals surface area contributed by atoms with Gasteiger partial charge in [0.15, 0.2) is 11.6 Å². The molecular weight excluding hydrogens is 447 g/mol. The highest BCUT2D eigenvalue weighted by atomic mass is 19.2. The lowest BCUT2D eigenvalue weighted by molar-refractivity contribution is -0.132. The van der Waals surface area contributed by atoms with Crippen LogP contribution in [-0.2, 0) is 11.2 Å². The van der Waals surface area contributed by atoms with Crippen molar-refractivity contribution in [2.24, 2.45) is 5.73 Å². The number of rotatable bonds is 5. The summed E-state index contributed by atoms with van der Waals surface area (Å²) in [6.07, 6.45) is 3.21. The Balaban J connectivity index is 1.28. The van der Waals surface area contributed by atoms with E-state index in [2.05, 4.69) is 10.3 Å². The number of nitrogens with zero attached hydrogens (tertiary/aromatic N) is 3. The van der Waals surface area contributed by atoms with Gasteiger partial charge in [-0.1, -0.05) is 12.1 Å². The molecule has 0 saturated carbocycles. The molecule has 0 radical (unpaired) electrons. The number of amides is 3. The maximum atomic E-state index is 13.8. The molecular formula is C24H24F3N5O2. The minimum absolute atomic E-state index is 0.0747. The number of nitrogens with two attached hydrogens (primary N) is 1. The fourth-order valence-corrected chi connectivity index (χ4v) is 4.01. The number of carbonyl (C=O) groups excluding carboxylic acids is 2. The molecule has 3 aromatic rings. The van der Waals surface area contributed by atoms with Crippen molar-refractivity contribution in [2.45, 2.75) is 18.9 Å². The van der Waals surface area contributed by atoms with Crippen LogP contribution in [0.15, 0.2) is 48.8 Å².